The molecule has 1 atom stereocenters. The van der Waals surface area contributed by atoms with E-state index in [0.717, 1.165) is 23.4 Å². The molecular weight excluding hydrogens is 280 g/mol. The van der Waals surface area contributed by atoms with Crippen molar-refractivity contribution in [2.75, 3.05) is 12.3 Å². The lowest BCUT2D eigenvalue weighted by atomic mass is 10.2. The molecule has 0 saturated carbocycles. The lowest BCUT2D eigenvalue weighted by molar-refractivity contribution is -0.147. The Labute approximate surface area is 121 Å². The SMILES string of the molecule is Cc1noc(C)c1CSCC(=O)N1CCC[C@H]1C(=O)O. The monoisotopic (exact) mass is 298 g/mol. The summed E-state index contributed by atoms with van der Waals surface area (Å²) in [6, 6.07) is -0.651. The number of rotatable bonds is 5. The first kappa shape index (κ1) is 14.9. The number of hydrogen-bond donors (Lipinski definition) is 1. The number of carboxylic acid groups (broad SMARTS) is 1. The van der Waals surface area contributed by atoms with E-state index in [4.69, 9.17) is 9.63 Å². The van der Waals surface area contributed by atoms with Gasteiger partial charge in [0.05, 0.1) is 11.4 Å². The molecule has 0 aliphatic carbocycles. The zero-order chi connectivity index (χ0) is 14.7. The molecule has 0 radical (unpaired) electrons. The molecule has 2 heterocycles. The first-order chi connectivity index (χ1) is 9.50. The van der Waals surface area contributed by atoms with Crippen LogP contribution in [0.2, 0.25) is 0 Å². The summed E-state index contributed by atoms with van der Waals surface area (Å²) >= 11 is 1.46. The van der Waals surface area contributed by atoms with Crippen molar-refractivity contribution in [3.05, 3.63) is 17.0 Å². The van der Waals surface area contributed by atoms with Crippen LogP contribution in [0.4, 0.5) is 0 Å². The van der Waals surface area contributed by atoms with Crippen molar-refractivity contribution >= 4 is 23.6 Å². The van der Waals surface area contributed by atoms with E-state index in [0.29, 0.717) is 18.7 Å². The van der Waals surface area contributed by atoms with Crippen molar-refractivity contribution in [1.82, 2.24) is 10.1 Å². The Kier molecular flexibility index (Phi) is 4.69. The van der Waals surface area contributed by atoms with Gasteiger partial charge in [-0.1, -0.05) is 5.16 Å². The summed E-state index contributed by atoms with van der Waals surface area (Å²) in [6.07, 6.45) is 1.31. The predicted octanol–water partition coefficient (Wildman–Crippen LogP) is 1.60. The minimum atomic E-state index is -0.911. The Morgan fingerprint density at radius 1 is 1.50 bits per heavy atom. The van der Waals surface area contributed by atoms with Crippen LogP contribution >= 0.6 is 11.8 Å². The molecule has 1 N–H and O–H groups in total. The number of likely N-dealkylation sites (tertiary alicyclic amines) is 1. The van der Waals surface area contributed by atoms with E-state index in [1.54, 1.807) is 0 Å². The second kappa shape index (κ2) is 6.30. The van der Waals surface area contributed by atoms with Crippen LogP contribution < -0.4 is 0 Å². The summed E-state index contributed by atoms with van der Waals surface area (Å²) in [7, 11) is 0. The molecule has 1 amide bonds. The maximum atomic E-state index is 12.1. The molecule has 0 spiro atoms. The van der Waals surface area contributed by atoms with Gasteiger partial charge in [-0.15, -0.1) is 11.8 Å². The maximum Gasteiger partial charge on any atom is 0.326 e. The van der Waals surface area contributed by atoms with E-state index >= 15 is 0 Å². The molecule has 110 valence electrons. The summed E-state index contributed by atoms with van der Waals surface area (Å²) < 4.78 is 5.06. The van der Waals surface area contributed by atoms with Gasteiger partial charge in [0.1, 0.15) is 11.8 Å². The van der Waals surface area contributed by atoms with Crippen molar-refractivity contribution in [3.8, 4) is 0 Å². The van der Waals surface area contributed by atoms with Gasteiger partial charge in [-0.3, -0.25) is 4.79 Å². The van der Waals surface area contributed by atoms with Crippen molar-refractivity contribution in [3.63, 3.8) is 0 Å². The maximum absolute atomic E-state index is 12.1. The number of aromatic nitrogens is 1. The first-order valence-corrected chi connectivity index (χ1v) is 7.68. The number of aliphatic carboxylic acids is 1. The van der Waals surface area contributed by atoms with Crippen LogP contribution in [-0.2, 0) is 15.3 Å². The summed E-state index contributed by atoms with van der Waals surface area (Å²) in [5.41, 5.74) is 1.85. The van der Waals surface area contributed by atoms with Gasteiger partial charge in [0.15, 0.2) is 0 Å². The van der Waals surface area contributed by atoms with Crippen LogP contribution in [-0.4, -0.2) is 45.4 Å². The number of carbonyl (C=O) groups is 2. The van der Waals surface area contributed by atoms with E-state index in [1.165, 1.54) is 16.7 Å². The molecule has 0 unspecified atom stereocenters. The fourth-order valence-corrected chi connectivity index (χ4v) is 3.41. The van der Waals surface area contributed by atoms with Crippen LogP contribution in [0.3, 0.4) is 0 Å². The molecule has 1 aliphatic rings. The van der Waals surface area contributed by atoms with Crippen molar-refractivity contribution in [2.24, 2.45) is 0 Å². The van der Waals surface area contributed by atoms with Gasteiger partial charge in [-0.25, -0.2) is 4.79 Å². The fraction of sp³-hybridized carbons (Fsp3) is 0.615. The Morgan fingerprint density at radius 2 is 2.25 bits per heavy atom. The van der Waals surface area contributed by atoms with Crippen LogP contribution in [0.1, 0.15) is 29.9 Å². The van der Waals surface area contributed by atoms with Crippen LogP contribution in [0.5, 0.6) is 0 Å². The smallest absolute Gasteiger partial charge is 0.326 e. The quantitative estimate of drug-likeness (QED) is 0.889. The number of nitrogens with zero attached hydrogens (tertiary/aromatic N) is 2. The first-order valence-electron chi connectivity index (χ1n) is 6.52. The van der Waals surface area contributed by atoms with Gasteiger partial charge in [-0.05, 0) is 26.7 Å². The van der Waals surface area contributed by atoms with E-state index < -0.39 is 12.0 Å². The molecule has 0 aromatic carbocycles. The van der Waals surface area contributed by atoms with Crippen LogP contribution in [0.25, 0.3) is 0 Å². The fourth-order valence-electron chi connectivity index (χ4n) is 2.35. The number of carboxylic acids is 1. The Hall–Kier alpha value is -1.50. The van der Waals surface area contributed by atoms with E-state index in [-0.39, 0.29) is 11.7 Å². The average molecular weight is 298 g/mol. The van der Waals surface area contributed by atoms with Crippen LogP contribution in [0.15, 0.2) is 4.52 Å². The van der Waals surface area contributed by atoms with E-state index in [2.05, 4.69) is 5.16 Å². The molecule has 7 heteroatoms. The number of thioether (sulfide) groups is 1. The Balaban J connectivity index is 1.85. The highest BCUT2D eigenvalue weighted by molar-refractivity contribution is 7.99. The molecule has 20 heavy (non-hydrogen) atoms. The normalized spacial score (nSPS) is 18.5. The minimum absolute atomic E-state index is 0.105. The summed E-state index contributed by atoms with van der Waals surface area (Å²) in [5, 5.41) is 12.9. The van der Waals surface area contributed by atoms with Gasteiger partial charge in [0.2, 0.25) is 5.91 Å². The molecule has 1 saturated heterocycles. The molecule has 0 bridgehead atoms. The number of carbonyl (C=O) groups excluding carboxylic acids is 1. The highest BCUT2D eigenvalue weighted by Gasteiger charge is 2.33. The Morgan fingerprint density at radius 3 is 2.85 bits per heavy atom. The third-order valence-electron chi connectivity index (χ3n) is 3.51. The second-order valence-electron chi connectivity index (χ2n) is 4.88. The third kappa shape index (κ3) is 3.15. The van der Waals surface area contributed by atoms with E-state index in [9.17, 15) is 9.59 Å². The van der Waals surface area contributed by atoms with Gasteiger partial charge in [-0.2, -0.15) is 0 Å². The van der Waals surface area contributed by atoms with Gasteiger partial charge in [0, 0.05) is 17.9 Å². The molecule has 1 aromatic rings. The molecular formula is C13H18N2O4S. The van der Waals surface area contributed by atoms with Gasteiger partial charge >= 0.3 is 5.97 Å². The standard InChI is InChI=1S/C13H18N2O4S/c1-8-10(9(2)19-14-8)6-20-7-12(16)15-5-3-4-11(15)13(17)18/h11H,3-7H2,1-2H3,(H,17,18)/t11-/m0/s1. The summed E-state index contributed by atoms with van der Waals surface area (Å²) in [6.45, 7) is 4.26. The molecule has 1 aromatic heterocycles. The zero-order valence-electron chi connectivity index (χ0n) is 11.6. The molecule has 6 nitrogen and oxygen atoms in total. The lowest BCUT2D eigenvalue weighted by Gasteiger charge is -2.21. The topological polar surface area (TPSA) is 83.6 Å². The van der Waals surface area contributed by atoms with Gasteiger partial charge in [0.25, 0.3) is 0 Å². The third-order valence-corrected chi connectivity index (χ3v) is 4.46. The number of hydrogen-bond acceptors (Lipinski definition) is 5. The highest BCUT2D eigenvalue weighted by Crippen LogP contribution is 2.22. The predicted molar refractivity (Wildman–Crippen MR) is 74.5 cm³/mol. The molecule has 1 fully saturated rings. The summed E-state index contributed by atoms with van der Waals surface area (Å²) in [4.78, 5) is 24.6. The van der Waals surface area contributed by atoms with Crippen LogP contribution in [0, 0.1) is 13.8 Å². The molecule has 1 aliphatic heterocycles. The largest absolute Gasteiger partial charge is 0.480 e. The highest BCUT2D eigenvalue weighted by atomic mass is 32.2. The Bertz CT molecular complexity index is 495. The zero-order valence-corrected chi connectivity index (χ0v) is 12.4. The number of aryl methyl sites for hydroxylation is 2. The second-order valence-corrected chi connectivity index (χ2v) is 5.86. The molecule has 2 rings (SSSR count). The van der Waals surface area contributed by atoms with Crippen molar-refractivity contribution in [1.29, 1.82) is 0 Å². The van der Waals surface area contributed by atoms with Gasteiger partial charge < -0.3 is 14.5 Å². The average Bonchev–Trinajstić information content (AvgIpc) is 2.99. The minimum Gasteiger partial charge on any atom is -0.480 e. The number of amides is 1. The van der Waals surface area contributed by atoms with E-state index in [1.807, 2.05) is 13.8 Å². The van der Waals surface area contributed by atoms with Crippen molar-refractivity contribution < 1.29 is 19.2 Å². The lowest BCUT2D eigenvalue weighted by Crippen LogP contribution is -2.41. The van der Waals surface area contributed by atoms with Crippen molar-refractivity contribution in [2.45, 2.75) is 38.5 Å². The summed E-state index contributed by atoms with van der Waals surface area (Å²) in [5.74, 6) is 0.692.